The molecule has 0 unspecified atom stereocenters. The lowest BCUT2D eigenvalue weighted by Gasteiger charge is -2.08. The minimum atomic E-state index is -0.0430. The Morgan fingerprint density at radius 2 is 2.19 bits per heavy atom. The number of carbonyl (C=O) groups is 1. The fraction of sp³-hybridized carbons (Fsp3) is 0.400. The molecule has 2 rings (SSSR count). The number of aromatic nitrogens is 3. The molecule has 2 aromatic rings. The van der Waals surface area contributed by atoms with Crippen molar-refractivity contribution in [2.24, 2.45) is 0 Å². The van der Waals surface area contributed by atoms with Gasteiger partial charge in [-0.15, -0.1) is 0 Å². The summed E-state index contributed by atoms with van der Waals surface area (Å²) in [6.45, 7) is 1.71. The van der Waals surface area contributed by atoms with Crippen LogP contribution >= 0.6 is 0 Å². The summed E-state index contributed by atoms with van der Waals surface area (Å²) in [5, 5.41) is 7.13. The Labute approximate surface area is 124 Å². The number of hydrogen-bond donors (Lipinski definition) is 1. The zero-order valence-corrected chi connectivity index (χ0v) is 12.5. The first-order valence-corrected chi connectivity index (χ1v) is 7.01. The molecule has 1 amide bonds. The van der Waals surface area contributed by atoms with Crippen molar-refractivity contribution in [2.45, 2.75) is 19.4 Å². The van der Waals surface area contributed by atoms with Gasteiger partial charge in [-0.1, -0.05) is 6.07 Å². The highest BCUT2D eigenvalue weighted by Gasteiger charge is 2.06. The molecule has 0 aromatic carbocycles. The molecule has 0 atom stereocenters. The molecule has 112 valence electrons. The highest BCUT2D eigenvalue weighted by molar-refractivity contribution is 5.89. The molecule has 0 saturated heterocycles. The summed E-state index contributed by atoms with van der Waals surface area (Å²) in [7, 11) is 4.04. The minimum absolute atomic E-state index is 0.0430. The molecular formula is C15H21N5O. The summed E-state index contributed by atoms with van der Waals surface area (Å²) in [6.07, 6.45) is 4.65. The quantitative estimate of drug-likeness (QED) is 0.836. The molecule has 0 spiro atoms. The maximum atomic E-state index is 11.9. The third-order valence-corrected chi connectivity index (χ3v) is 3.02. The van der Waals surface area contributed by atoms with Crippen LogP contribution in [0.4, 0.5) is 5.82 Å². The Balaban J connectivity index is 1.77. The number of hydrogen-bond acceptors (Lipinski definition) is 4. The van der Waals surface area contributed by atoms with Crippen LogP contribution in [-0.4, -0.2) is 46.2 Å². The number of rotatable bonds is 7. The molecular weight excluding hydrogens is 266 g/mol. The lowest BCUT2D eigenvalue weighted by molar-refractivity contribution is -0.116. The summed E-state index contributed by atoms with van der Waals surface area (Å²) in [4.78, 5) is 18.2. The van der Waals surface area contributed by atoms with Crippen molar-refractivity contribution in [2.75, 3.05) is 26.0 Å². The number of nitrogens with one attached hydrogen (secondary N) is 1. The van der Waals surface area contributed by atoms with Gasteiger partial charge in [0.15, 0.2) is 5.82 Å². The van der Waals surface area contributed by atoms with E-state index < -0.39 is 0 Å². The van der Waals surface area contributed by atoms with Gasteiger partial charge in [-0.05, 0) is 32.6 Å². The van der Waals surface area contributed by atoms with Crippen LogP contribution in [-0.2, 0) is 17.8 Å². The van der Waals surface area contributed by atoms with Gasteiger partial charge >= 0.3 is 0 Å². The number of carbonyl (C=O) groups excluding carboxylic acids is 1. The monoisotopic (exact) mass is 287 g/mol. The highest BCUT2D eigenvalue weighted by atomic mass is 16.1. The van der Waals surface area contributed by atoms with E-state index in [0.29, 0.717) is 18.7 Å². The van der Waals surface area contributed by atoms with Crippen LogP contribution in [0.15, 0.2) is 36.7 Å². The van der Waals surface area contributed by atoms with E-state index in [-0.39, 0.29) is 5.91 Å². The normalized spacial score (nSPS) is 10.8. The van der Waals surface area contributed by atoms with Crippen molar-refractivity contribution in [1.29, 1.82) is 0 Å². The van der Waals surface area contributed by atoms with Crippen molar-refractivity contribution in [3.8, 4) is 0 Å². The van der Waals surface area contributed by atoms with Crippen molar-refractivity contribution in [1.82, 2.24) is 19.7 Å². The lowest BCUT2D eigenvalue weighted by Crippen LogP contribution is -2.19. The number of amides is 1. The Kier molecular flexibility index (Phi) is 5.45. The Morgan fingerprint density at radius 1 is 1.33 bits per heavy atom. The van der Waals surface area contributed by atoms with E-state index in [4.69, 9.17) is 0 Å². The van der Waals surface area contributed by atoms with E-state index in [0.717, 1.165) is 18.8 Å². The predicted molar refractivity (Wildman–Crippen MR) is 82.0 cm³/mol. The molecule has 0 radical (unpaired) electrons. The summed E-state index contributed by atoms with van der Waals surface area (Å²) < 4.78 is 1.83. The van der Waals surface area contributed by atoms with Crippen molar-refractivity contribution in [3.63, 3.8) is 0 Å². The van der Waals surface area contributed by atoms with Crippen molar-refractivity contribution >= 4 is 11.7 Å². The van der Waals surface area contributed by atoms with Gasteiger partial charge in [0.1, 0.15) is 0 Å². The molecule has 2 heterocycles. The number of nitrogens with zero attached hydrogens (tertiary/aromatic N) is 4. The molecule has 6 heteroatoms. The summed E-state index contributed by atoms with van der Waals surface area (Å²) in [6, 6.07) is 7.52. The maximum absolute atomic E-state index is 11.9. The number of anilines is 1. The van der Waals surface area contributed by atoms with Crippen molar-refractivity contribution in [3.05, 3.63) is 42.4 Å². The molecule has 0 aliphatic rings. The third-order valence-electron chi connectivity index (χ3n) is 3.02. The first kappa shape index (κ1) is 15.2. The van der Waals surface area contributed by atoms with Crippen LogP contribution in [0, 0.1) is 0 Å². The van der Waals surface area contributed by atoms with Crippen LogP contribution in [0.25, 0.3) is 0 Å². The molecule has 2 aromatic heterocycles. The average Bonchev–Trinajstić information content (AvgIpc) is 2.91. The van der Waals surface area contributed by atoms with E-state index >= 15 is 0 Å². The molecule has 21 heavy (non-hydrogen) atoms. The minimum Gasteiger partial charge on any atom is -0.309 e. The fourth-order valence-electron chi connectivity index (χ4n) is 1.85. The molecule has 0 saturated carbocycles. The van der Waals surface area contributed by atoms with Gasteiger partial charge < -0.3 is 10.2 Å². The van der Waals surface area contributed by atoms with E-state index in [2.05, 4.69) is 20.3 Å². The molecule has 1 N–H and O–H groups in total. The van der Waals surface area contributed by atoms with Gasteiger partial charge in [-0.2, -0.15) is 5.10 Å². The first-order valence-electron chi connectivity index (χ1n) is 7.01. The SMILES string of the molecule is CN(C)CCn1ccc(NC(=O)CCc2ccccn2)n1. The second-order valence-electron chi connectivity index (χ2n) is 5.14. The molecule has 0 aliphatic heterocycles. The Morgan fingerprint density at radius 3 is 2.90 bits per heavy atom. The third kappa shape index (κ3) is 5.35. The lowest BCUT2D eigenvalue weighted by atomic mass is 10.2. The molecule has 0 bridgehead atoms. The number of pyridine rings is 1. The largest absolute Gasteiger partial charge is 0.309 e. The first-order chi connectivity index (χ1) is 10.1. The van der Waals surface area contributed by atoms with E-state index in [1.807, 2.05) is 49.2 Å². The van der Waals surface area contributed by atoms with E-state index in [1.165, 1.54) is 0 Å². The smallest absolute Gasteiger partial charge is 0.225 e. The maximum Gasteiger partial charge on any atom is 0.225 e. The summed E-state index contributed by atoms with van der Waals surface area (Å²) >= 11 is 0. The van der Waals surface area contributed by atoms with E-state index in [9.17, 15) is 4.79 Å². The van der Waals surface area contributed by atoms with Crippen LogP contribution in [0.2, 0.25) is 0 Å². The average molecular weight is 287 g/mol. The molecule has 0 fully saturated rings. The van der Waals surface area contributed by atoms with Gasteiger partial charge in [0.25, 0.3) is 0 Å². The van der Waals surface area contributed by atoms with Crippen LogP contribution in [0.1, 0.15) is 12.1 Å². The zero-order valence-electron chi connectivity index (χ0n) is 12.5. The van der Waals surface area contributed by atoms with E-state index in [1.54, 1.807) is 6.20 Å². The number of likely N-dealkylation sites (N-methyl/N-ethyl adjacent to an activating group) is 1. The van der Waals surface area contributed by atoms with Gasteiger partial charge in [-0.3, -0.25) is 14.5 Å². The molecule has 6 nitrogen and oxygen atoms in total. The van der Waals surface area contributed by atoms with Crippen LogP contribution < -0.4 is 5.32 Å². The highest BCUT2D eigenvalue weighted by Crippen LogP contribution is 2.05. The number of aryl methyl sites for hydroxylation is 1. The van der Waals surface area contributed by atoms with Crippen LogP contribution in [0.5, 0.6) is 0 Å². The zero-order chi connectivity index (χ0) is 15.1. The fourth-order valence-corrected chi connectivity index (χ4v) is 1.85. The van der Waals surface area contributed by atoms with Crippen LogP contribution in [0.3, 0.4) is 0 Å². The topological polar surface area (TPSA) is 63.0 Å². The standard InChI is InChI=1S/C15H21N5O/c1-19(2)11-12-20-10-8-14(18-20)17-15(21)7-6-13-5-3-4-9-16-13/h3-5,8-10H,6-7,11-12H2,1-2H3,(H,17,18,21). The second-order valence-corrected chi connectivity index (χ2v) is 5.14. The Hall–Kier alpha value is -2.21. The predicted octanol–water partition coefficient (Wildman–Crippen LogP) is 1.41. The Bertz CT molecular complexity index is 564. The summed E-state index contributed by atoms with van der Waals surface area (Å²) in [5.41, 5.74) is 0.921. The van der Waals surface area contributed by atoms with Gasteiger partial charge in [0.2, 0.25) is 5.91 Å². The summed E-state index contributed by atoms with van der Waals surface area (Å²) in [5.74, 6) is 0.554. The van der Waals surface area contributed by atoms with Gasteiger partial charge in [0, 0.05) is 37.1 Å². The molecule has 0 aliphatic carbocycles. The second kappa shape index (κ2) is 7.54. The van der Waals surface area contributed by atoms with Gasteiger partial charge in [0.05, 0.1) is 6.54 Å². The van der Waals surface area contributed by atoms with Crippen molar-refractivity contribution < 1.29 is 4.79 Å². The van der Waals surface area contributed by atoms with Gasteiger partial charge in [-0.25, -0.2) is 0 Å².